The normalized spacial score (nSPS) is 22.4. The Kier molecular flexibility index (Phi) is 4.95. The highest BCUT2D eigenvalue weighted by Gasteiger charge is 2.39. The fourth-order valence-electron chi connectivity index (χ4n) is 4.92. The summed E-state index contributed by atoms with van der Waals surface area (Å²) in [4.78, 5) is 41.7. The highest BCUT2D eigenvalue weighted by molar-refractivity contribution is 6.00. The van der Waals surface area contributed by atoms with Gasteiger partial charge in [0.2, 0.25) is 11.8 Å². The predicted octanol–water partition coefficient (Wildman–Crippen LogP) is 1.98. The number of carbonyl (C=O) groups is 2. The lowest BCUT2D eigenvalue weighted by molar-refractivity contribution is -0.136. The van der Waals surface area contributed by atoms with Crippen molar-refractivity contribution in [2.75, 3.05) is 24.5 Å². The van der Waals surface area contributed by atoms with Gasteiger partial charge < -0.3 is 9.80 Å². The average molecular weight is 424 g/mol. The van der Waals surface area contributed by atoms with Crippen molar-refractivity contribution in [3.63, 3.8) is 0 Å². The molecule has 5 rings (SSSR count). The first-order valence-electron chi connectivity index (χ1n) is 11.2. The Morgan fingerprint density at radius 1 is 1.03 bits per heavy atom. The van der Waals surface area contributed by atoms with E-state index in [2.05, 4.69) is 5.10 Å². The molecule has 0 bridgehead atoms. The van der Waals surface area contributed by atoms with Gasteiger partial charge in [0.15, 0.2) is 0 Å². The molecule has 2 amide bonds. The summed E-state index contributed by atoms with van der Waals surface area (Å²) in [6.45, 7) is 3.75. The fraction of sp³-hybridized carbons (Fsp3) is 0.565. The molecular weight excluding hydrogens is 394 g/mol. The first-order chi connectivity index (χ1) is 14.9. The molecule has 8 nitrogen and oxygen atoms in total. The third-order valence-electron chi connectivity index (χ3n) is 6.89. The number of nitrogens with zero attached hydrogens (tertiary/aromatic N) is 5. The summed E-state index contributed by atoms with van der Waals surface area (Å²) in [6, 6.07) is 8.16. The van der Waals surface area contributed by atoms with E-state index in [0.717, 1.165) is 42.8 Å². The third kappa shape index (κ3) is 3.68. The van der Waals surface area contributed by atoms with Crippen LogP contribution in [0.1, 0.15) is 55.5 Å². The van der Waals surface area contributed by atoms with Gasteiger partial charge in [-0.05, 0) is 44.7 Å². The molecule has 3 heterocycles. The molecule has 1 aliphatic carbocycles. The van der Waals surface area contributed by atoms with Gasteiger partial charge in [-0.25, -0.2) is 9.48 Å². The molecule has 1 aromatic heterocycles. The summed E-state index contributed by atoms with van der Waals surface area (Å²) in [5, 5.41) is 4.51. The Morgan fingerprint density at radius 3 is 2.35 bits per heavy atom. The maximum atomic E-state index is 13.1. The summed E-state index contributed by atoms with van der Waals surface area (Å²) in [7, 11) is 1.71. The summed E-state index contributed by atoms with van der Waals surface area (Å²) in [5.74, 6) is 0.877. The fourth-order valence-corrected chi connectivity index (χ4v) is 4.92. The number of hydrogen-bond donors (Lipinski definition) is 0. The van der Waals surface area contributed by atoms with Gasteiger partial charge >= 0.3 is 5.69 Å². The van der Waals surface area contributed by atoms with Gasteiger partial charge in [-0.15, -0.1) is 0 Å². The van der Waals surface area contributed by atoms with E-state index in [9.17, 15) is 14.4 Å². The first kappa shape index (κ1) is 20.0. The Hall–Kier alpha value is -2.90. The molecule has 1 atom stereocenters. The van der Waals surface area contributed by atoms with E-state index in [4.69, 9.17) is 0 Å². The van der Waals surface area contributed by atoms with Crippen molar-refractivity contribution in [2.45, 2.75) is 51.0 Å². The van der Waals surface area contributed by atoms with Crippen LogP contribution >= 0.6 is 0 Å². The smallest absolute Gasteiger partial charge is 0.342 e. The Morgan fingerprint density at radius 2 is 1.71 bits per heavy atom. The molecular formula is C23H29N5O3. The number of piperidine rings is 1. The van der Waals surface area contributed by atoms with Crippen molar-refractivity contribution >= 4 is 17.5 Å². The van der Waals surface area contributed by atoms with Crippen LogP contribution in [0.4, 0.5) is 5.69 Å². The van der Waals surface area contributed by atoms with Crippen LogP contribution in [-0.2, 0) is 16.6 Å². The molecule has 1 saturated carbocycles. The van der Waals surface area contributed by atoms with Gasteiger partial charge in [0.1, 0.15) is 5.82 Å². The molecule has 0 radical (unpaired) electrons. The molecule has 3 fully saturated rings. The van der Waals surface area contributed by atoms with E-state index in [1.54, 1.807) is 11.9 Å². The maximum absolute atomic E-state index is 13.1. The second-order valence-electron chi connectivity index (χ2n) is 9.21. The minimum absolute atomic E-state index is 0.0130. The monoisotopic (exact) mass is 423 g/mol. The second kappa shape index (κ2) is 7.66. The van der Waals surface area contributed by atoms with Crippen molar-refractivity contribution in [3.05, 3.63) is 46.1 Å². The van der Waals surface area contributed by atoms with E-state index in [1.165, 1.54) is 4.68 Å². The lowest BCUT2D eigenvalue weighted by Gasteiger charge is -2.33. The molecule has 0 spiro atoms. The number of benzene rings is 1. The SMILES string of the molecule is Cc1ccc(N2CC(C(=O)N3CCC(c4nn(C)c(=O)n4C4CC4)CC3)CC2=O)cc1. The number of likely N-dealkylation sites (tertiary alicyclic amines) is 1. The molecule has 31 heavy (non-hydrogen) atoms. The standard InChI is InChI=1S/C23H29N5O3/c1-15-3-5-18(6-4-15)27-14-17(13-20(27)29)22(30)26-11-9-16(10-12-26)21-24-25(2)23(31)28(21)19-7-8-19/h3-6,16-17,19H,7-14H2,1-2H3. The summed E-state index contributed by atoms with van der Waals surface area (Å²) < 4.78 is 3.31. The molecule has 1 aromatic carbocycles. The number of amides is 2. The number of hydrogen-bond acceptors (Lipinski definition) is 4. The number of carbonyl (C=O) groups excluding carboxylic acids is 2. The maximum Gasteiger partial charge on any atom is 0.345 e. The van der Waals surface area contributed by atoms with Crippen molar-refractivity contribution in [3.8, 4) is 0 Å². The van der Waals surface area contributed by atoms with Gasteiger partial charge in [0, 0.05) is 50.7 Å². The van der Waals surface area contributed by atoms with Crippen LogP contribution in [0.25, 0.3) is 0 Å². The first-order valence-corrected chi connectivity index (χ1v) is 11.2. The highest BCUT2D eigenvalue weighted by Crippen LogP contribution is 2.37. The molecule has 1 unspecified atom stereocenters. The Labute approximate surface area is 181 Å². The molecule has 2 saturated heterocycles. The van der Waals surface area contributed by atoms with Crippen LogP contribution in [0.2, 0.25) is 0 Å². The minimum Gasteiger partial charge on any atom is -0.342 e. The number of anilines is 1. The zero-order chi connectivity index (χ0) is 21.7. The lowest BCUT2D eigenvalue weighted by Crippen LogP contribution is -2.42. The van der Waals surface area contributed by atoms with Gasteiger partial charge in [-0.1, -0.05) is 17.7 Å². The van der Waals surface area contributed by atoms with E-state index in [1.807, 2.05) is 40.7 Å². The van der Waals surface area contributed by atoms with Crippen LogP contribution in [0.3, 0.4) is 0 Å². The molecule has 2 aromatic rings. The zero-order valence-corrected chi connectivity index (χ0v) is 18.2. The van der Waals surface area contributed by atoms with Crippen LogP contribution in [-0.4, -0.2) is 50.7 Å². The Balaban J connectivity index is 1.23. The van der Waals surface area contributed by atoms with Crippen molar-refractivity contribution in [1.29, 1.82) is 0 Å². The van der Waals surface area contributed by atoms with Crippen molar-refractivity contribution in [1.82, 2.24) is 19.2 Å². The molecule has 0 N–H and O–H groups in total. The molecule has 3 aliphatic rings. The average Bonchev–Trinajstić information content (AvgIpc) is 3.47. The van der Waals surface area contributed by atoms with Crippen LogP contribution in [0.5, 0.6) is 0 Å². The molecule has 8 heteroatoms. The van der Waals surface area contributed by atoms with Crippen LogP contribution < -0.4 is 10.6 Å². The highest BCUT2D eigenvalue weighted by atomic mass is 16.2. The number of rotatable bonds is 4. The molecule has 164 valence electrons. The van der Waals surface area contributed by atoms with Gasteiger partial charge in [-0.2, -0.15) is 5.10 Å². The summed E-state index contributed by atoms with van der Waals surface area (Å²) in [5.41, 5.74) is 1.97. The molecule has 2 aliphatic heterocycles. The topological polar surface area (TPSA) is 80.4 Å². The van der Waals surface area contributed by atoms with Gasteiger partial charge in [0.25, 0.3) is 0 Å². The van der Waals surface area contributed by atoms with Crippen LogP contribution in [0.15, 0.2) is 29.1 Å². The lowest BCUT2D eigenvalue weighted by atomic mass is 9.94. The summed E-state index contributed by atoms with van der Waals surface area (Å²) >= 11 is 0. The van der Waals surface area contributed by atoms with Crippen molar-refractivity contribution < 1.29 is 9.59 Å². The number of aromatic nitrogens is 3. The minimum atomic E-state index is -0.287. The van der Waals surface area contributed by atoms with E-state index >= 15 is 0 Å². The van der Waals surface area contributed by atoms with E-state index in [0.29, 0.717) is 25.7 Å². The third-order valence-corrected chi connectivity index (χ3v) is 6.89. The van der Waals surface area contributed by atoms with Crippen LogP contribution in [0, 0.1) is 12.8 Å². The quantitative estimate of drug-likeness (QED) is 0.753. The summed E-state index contributed by atoms with van der Waals surface area (Å²) in [6.07, 6.45) is 3.97. The Bertz CT molecular complexity index is 1060. The second-order valence-corrected chi connectivity index (χ2v) is 9.21. The van der Waals surface area contributed by atoms with Gasteiger partial charge in [-0.3, -0.25) is 14.2 Å². The van der Waals surface area contributed by atoms with E-state index < -0.39 is 0 Å². The zero-order valence-electron chi connectivity index (χ0n) is 18.2. The number of aryl methyl sites for hydroxylation is 2. The van der Waals surface area contributed by atoms with Gasteiger partial charge in [0.05, 0.1) is 5.92 Å². The predicted molar refractivity (Wildman–Crippen MR) is 116 cm³/mol. The largest absolute Gasteiger partial charge is 0.345 e. The van der Waals surface area contributed by atoms with Crippen molar-refractivity contribution in [2.24, 2.45) is 13.0 Å². The van der Waals surface area contributed by atoms with E-state index in [-0.39, 0.29) is 35.8 Å².